The van der Waals surface area contributed by atoms with Crippen LogP contribution in [0.3, 0.4) is 0 Å². The molecule has 1 aromatic rings. The van der Waals surface area contributed by atoms with E-state index in [-0.39, 0.29) is 4.90 Å². The summed E-state index contributed by atoms with van der Waals surface area (Å²) in [5.74, 6) is 0.295. The van der Waals surface area contributed by atoms with E-state index in [1.807, 2.05) is 0 Å². The minimum atomic E-state index is -3.46. The Hall–Kier alpha value is -1.11. The van der Waals surface area contributed by atoms with Gasteiger partial charge in [-0.2, -0.15) is 0 Å². The molecule has 1 aliphatic rings. The van der Waals surface area contributed by atoms with Gasteiger partial charge in [0, 0.05) is 18.8 Å². The zero-order valence-electron chi connectivity index (χ0n) is 11.9. The molecular formula is C14H23N3O2S. The Morgan fingerprint density at radius 3 is 2.70 bits per heavy atom. The molecular weight excluding hydrogens is 274 g/mol. The van der Waals surface area contributed by atoms with E-state index in [4.69, 9.17) is 5.73 Å². The van der Waals surface area contributed by atoms with Crippen LogP contribution in [0.2, 0.25) is 0 Å². The second-order valence-electron chi connectivity index (χ2n) is 5.54. The van der Waals surface area contributed by atoms with Gasteiger partial charge in [0.25, 0.3) is 0 Å². The topological polar surface area (TPSA) is 75.4 Å². The van der Waals surface area contributed by atoms with Crippen molar-refractivity contribution < 1.29 is 8.42 Å². The Labute approximate surface area is 121 Å². The average molecular weight is 297 g/mol. The monoisotopic (exact) mass is 297 g/mol. The molecule has 6 heteroatoms. The fraction of sp³-hybridized carbons (Fsp3) is 0.571. The predicted molar refractivity (Wildman–Crippen MR) is 80.9 cm³/mol. The third kappa shape index (κ3) is 4.19. The first-order chi connectivity index (χ1) is 9.47. The van der Waals surface area contributed by atoms with Crippen LogP contribution in [0.25, 0.3) is 0 Å². The maximum absolute atomic E-state index is 12.1. The maximum atomic E-state index is 12.1. The number of benzene rings is 1. The number of nitrogens with one attached hydrogen (secondary N) is 1. The minimum absolute atomic E-state index is 0.228. The van der Waals surface area contributed by atoms with Gasteiger partial charge in [-0.3, -0.25) is 0 Å². The van der Waals surface area contributed by atoms with Gasteiger partial charge in [-0.05, 0) is 50.0 Å². The second kappa shape index (κ2) is 6.56. The number of nitrogen functional groups attached to an aromatic ring is 1. The van der Waals surface area contributed by atoms with Gasteiger partial charge in [0.1, 0.15) is 0 Å². The molecule has 20 heavy (non-hydrogen) atoms. The third-order valence-corrected chi connectivity index (χ3v) is 4.98. The van der Waals surface area contributed by atoms with Crippen LogP contribution in [0.4, 0.5) is 5.69 Å². The quantitative estimate of drug-likeness (QED) is 0.776. The number of anilines is 1. The van der Waals surface area contributed by atoms with E-state index in [2.05, 4.69) is 16.5 Å². The van der Waals surface area contributed by atoms with Gasteiger partial charge >= 0.3 is 0 Å². The zero-order valence-corrected chi connectivity index (χ0v) is 12.7. The Morgan fingerprint density at radius 2 is 2.05 bits per heavy atom. The van der Waals surface area contributed by atoms with E-state index in [1.165, 1.54) is 18.9 Å². The molecule has 112 valence electrons. The van der Waals surface area contributed by atoms with Crippen LogP contribution >= 0.6 is 0 Å². The molecule has 0 radical (unpaired) electrons. The molecule has 5 nitrogen and oxygen atoms in total. The van der Waals surface area contributed by atoms with Crippen molar-refractivity contribution in [2.24, 2.45) is 5.92 Å². The summed E-state index contributed by atoms with van der Waals surface area (Å²) in [4.78, 5) is 2.62. The standard InChI is InChI=1S/C14H23N3O2S/c1-12(11-17-7-2-3-8-17)10-16-20(18,19)14-6-4-5-13(15)9-14/h4-6,9,12,16H,2-3,7-8,10-11,15H2,1H3. The highest BCUT2D eigenvalue weighted by Gasteiger charge is 2.18. The van der Waals surface area contributed by atoms with Crippen LogP contribution in [-0.4, -0.2) is 39.5 Å². The van der Waals surface area contributed by atoms with Crippen molar-refractivity contribution >= 4 is 15.7 Å². The lowest BCUT2D eigenvalue weighted by molar-refractivity contribution is 0.288. The summed E-state index contributed by atoms with van der Waals surface area (Å²) in [6.07, 6.45) is 2.50. The molecule has 1 atom stereocenters. The maximum Gasteiger partial charge on any atom is 0.240 e. The van der Waals surface area contributed by atoms with E-state index in [0.29, 0.717) is 18.2 Å². The van der Waals surface area contributed by atoms with Gasteiger partial charge in [0.05, 0.1) is 4.90 Å². The van der Waals surface area contributed by atoms with Gasteiger partial charge in [-0.25, -0.2) is 13.1 Å². The molecule has 0 saturated carbocycles. The number of hydrogen-bond donors (Lipinski definition) is 2. The average Bonchev–Trinajstić information content (AvgIpc) is 2.89. The van der Waals surface area contributed by atoms with Crippen molar-refractivity contribution in [3.8, 4) is 0 Å². The summed E-state index contributed by atoms with van der Waals surface area (Å²) >= 11 is 0. The molecule has 1 saturated heterocycles. The van der Waals surface area contributed by atoms with Crippen molar-refractivity contribution in [1.82, 2.24) is 9.62 Å². The normalized spacial score (nSPS) is 18.2. The first kappa shape index (κ1) is 15.3. The molecule has 2 rings (SSSR count). The van der Waals surface area contributed by atoms with Crippen molar-refractivity contribution in [1.29, 1.82) is 0 Å². The van der Waals surface area contributed by atoms with Crippen LogP contribution in [0.1, 0.15) is 19.8 Å². The van der Waals surface area contributed by atoms with Crippen molar-refractivity contribution in [3.05, 3.63) is 24.3 Å². The molecule has 1 aromatic carbocycles. The van der Waals surface area contributed by atoms with Crippen LogP contribution in [0.15, 0.2) is 29.2 Å². The number of rotatable bonds is 6. The van der Waals surface area contributed by atoms with E-state index in [1.54, 1.807) is 18.2 Å². The predicted octanol–water partition coefficient (Wildman–Crippen LogP) is 1.28. The van der Waals surface area contributed by atoms with Gasteiger partial charge < -0.3 is 10.6 Å². The van der Waals surface area contributed by atoms with Crippen LogP contribution in [0.5, 0.6) is 0 Å². The van der Waals surface area contributed by atoms with Crippen molar-refractivity contribution in [3.63, 3.8) is 0 Å². The lowest BCUT2D eigenvalue weighted by Gasteiger charge is -2.20. The fourth-order valence-electron chi connectivity index (χ4n) is 2.49. The molecule has 1 unspecified atom stereocenters. The zero-order chi connectivity index (χ0) is 14.6. The highest BCUT2D eigenvalue weighted by atomic mass is 32.2. The van der Waals surface area contributed by atoms with E-state index in [9.17, 15) is 8.42 Å². The summed E-state index contributed by atoms with van der Waals surface area (Å²) in [5.41, 5.74) is 6.08. The van der Waals surface area contributed by atoms with Crippen molar-refractivity contribution in [2.75, 3.05) is 31.9 Å². The molecule has 0 aromatic heterocycles. The molecule has 0 bridgehead atoms. The summed E-state index contributed by atoms with van der Waals surface area (Å²) < 4.78 is 27.0. The Balaban J connectivity index is 1.88. The van der Waals surface area contributed by atoms with Gasteiger partial charge in [-0.1, -0.05) is 13.0 Å². The summed E-state index contributed by atoms with van der Waals surface area (Å²) in [7, 11) is -3.46. The number of likely N-dealkylation sites (tertiary alicyclic amines) is 1. The summed E-state index contributed by atoms with van der Waals surface area (Å²) in [5, 5.41) is 0. The van der Waals surface area contributed by atoms with Gasteiger partial charge in [-0.15, -0.1) is 0 Å². The fourth-order valence-corrected chi connectivity index (χ4v) is 3.71. The Bertz CT molecular complexity index is 539. The van der Waals surface area contributed by atoms with E-state index in [0.717, 1.165) is 19.6 Å². The number of hydrogen-bond acceptors (Lipinski definition) is 4. The van der Waals surface area contributed by atoms with Crippen LogP contribution in [0, 0.1) is 5.92 Å². The second-order valence-corrected chi connectivity index (χ2v) is 7.30. The number of nitrogens with two attached hydrogens (primary N) is 1. The molecule has 1 aliphatic heterocycles. The Kier molecular flexibility index (Phi) is 5.01. The van der Waals surface area contributed by atoms with Gasteiger partial charge in [0.15, 0.2) is 0 Å². The van der Waals surface area contributed by atoms with Crippen LogP contribution in [-0.2, 0) is 10.0 Å². The third-order valence-electron chi connectivity index (χ3n) is 3.56. The van der Waals surface area contributed by atoms with E-state index < -0.39 is 10.0 Å². The minimum Gasteiger partial charge on any atom is -0.399 e. The number of sulfonamides is 1. The smallest absolute Gasteiger partial charge is 0.240 e. The number of nitrogens with zero attached hydrogens (tertiary/aromatic N) is 1. The molecule has 0 spiro atoms. The summed E-state index contributed by atoms with van der Waals surface area (Å²) in [6, 6.07) is 6.36. The highest BCUT2D eigenvalue weighted by molar-refractivity contribution is 7.89. The Morgan fingerprint density at radius 1 is 1.35 bits per heavy atom. The highest BCUT2D eigenvalue weighted by Crippen LogP contribution is 2.14. The summed E-state index contributed by atoms with van der Waals surface area (Å²) in [6.45, 7) is 5.73. The lowest BCUT2D eigenvalue weighted by atomic mass is 10.2. The largest absolute Gasteiger partial charge is 0.399 e. The molecule has 1 heterocycles. The molecule has 3 N–H and O–H groups in total. The lowest BCUT2D eigenvalue weighted by Crippen LogP contribution is -2.34. The SMILES string of the molecule is CC(CNS(=O)(=O)c1cccc(N)c1)CN1CCCC1. The van der Waals surface area contributed by atoms with Crippen LogP contribution < -0.4 is 10.5 Å². The molecule has 0 amide bonds. The first-order valence-electron chi connectivity index (χ1n) is 7.05. The first-order valence-corrected chi connectivity index (χ1v) is 8.53. The van der Waals surface area contributed by atoms with E-state index >= 15 is 0 Å². The molecule has 1 fully saturated rings. The van der Waals surface area contributed by atoms with Gasteiger partial charge in [0.2, 0.25) is 10.0 Å². The molecule has 0 aliphatic carbocycles. The van der Waals surface area contributed by atoms with Crippen molar-refractivity contribution in [2.45, 2.75) is 24.7 Å².